The molecule has 1 N–H and O–H groups in total. The molecule has 0 radical (unpaired) electrons. The Kier molecular flexibility index (Phi) is 6.06. The van der Waals surface area contributed by atoms with E-state index in [0.717, 1.165) is 25.1 Å². The maximum atomic E-state index is 12.0. The number of likely N-dealkylation sites (tertiary alicyclic amines) is 1. The molecule has 1 aliphatic rings. The van der Waals surface area contributed by atoms with Gasteiger partial charge in [-0.2, -0.15) is 0 Å². The number of carbonyl (C=O) groups excluding carboxylic acids is 1. The van der Waals surface area contributed by atoms with Crippen LogP contribution in [0.5, 0.6) is 0 Å². The van der Waals surface area contributed by atoms with Crippen molar-refractivity contribution < 1.29 is 9.53 Å². The molecule has 1 amide bonds. The number of hydrogen-bond donors (Lipinski definition) is 1. The number of hydrogen-bond acceptors (Lipinski definition) is 5. The van der Waals surface area contributed by atoms with Gasteiger partial charge in [0.05, 0.1) is 0 Å². The summed E-state index contributed by atoms with van der Waals surface area (Å²) in [7, 11) is 0. The zero-order chi connectivity index (χ0) is 17.0. The van der Waals surface area contributed by atoms with Gasteiger partial charge in [-0.05, 0) is 44.7 Å². The van der Waals surface area contributed by atoms with E-state index in [0.29, 0.717) is 24.2 Å². The van der Waals surface area contributed by atoms with Gasteiger partial charge in [-0.15, -0.1) is 0 Å². The first-order valence-corrected chi connectivity index (χ1v) is 8.36. The molecule has 8 heteroatoms. The van der Waals surface area contributed by atoms with Crippen molar-refractivity contribution in [2.45, 2.75) is 39.3 Å². The largest absolute Gasteiger partial charge is 0.444 e. The van der Waals surface area contributed by atoms with Crippen molar-refractivity contribution in [1.29, 1.82) is 0 Å². The lowest BCUT2D eigenvalue weighted by Crippen LogP contribution is -2.36. The van der Waals surface area contributed by atoms with E-state index < -0.39 is 5.60 Å². The Bertz CT molecular complexity index is 563. The maximum absolute atomic E-state index is 12.0. The lowest BCUT2D eigenvalue weighted by molar-refractivity contribution is 0.0288. The Morgan fingerprint density at radius 2 is 2.22 bits per heavy atom. The van der Waals surface area contributed by atoms with Crippen molar-refractivity contribution in [3.63, 3.8) is 0 Å². The quantitative estimate of drug-likeness (QED) is 0.659. The first-order valence-electron chi connectivity index (χ1n) is 7.60. The zero-order valence-electron chi connectivity index (χ0n) is 13.6. The highest BCUT2D eigenvalue weighted by atomic mass is 35.5. The van der Waals surface area contributed by atoms with Gasteiger partial charge in [-0.25, -0.2) is 14.8 Å². The predicted molar refractivity (Wildman–Crippen MR) is 89.7 cm³/mol. The van der Waals surface area contributed by atoms with Crippen LogP contribution in [0.2, 0.25) is 10.4 Å². The number of carbonyl (C=O) groups is 1. The van der Waals surface area contributed by atoms with Crippen molar-refractivity contribution in [2.75, 3.05) is 19.6 Å². The molecule has 0 spiro atoms. The van der Waals surface area contributed by atoms with Crippen LogP contribution in [-0.2, 0) is 11.3 Å². The molecule has 2 heterocycles. The van der Waals surface area contributed by atoms with Crippen LogP contribution in [0.15, 0.2) is 6.20 Å². The molecule has 2 rings (SSSR count). The van der Waals surface area contributed by atoms with Crippen molar-refractivity contribution in [2.24, 2.45) is 5.92 Å². The van der Waals surface area contributed by atoms with Gasteiger partial charge < -0.3 is 15.0 Å². The third kappa shape index (κ3) is 5.79. The zero-order valence-corrected chi connectivity index (χ0v) is 15.1. The molecular formula is C15H22Cl2N4O2. The van der Waals surface area contributed by atoms with E-state index in [1.54, 1.807) is 11.1 Å². The van der Waals surface area contributed by atoms with Crippen LogP contribution in [0.25, 0.3) is 0 Å². The molecule has 0 bridgehead atoms. The number of aromatic nitrogens is 2. The van der Waals surface area contributed by atoms with Gasteiger partial charge in [-0.1, -0.05) is 11.6 Å². The lowest BCUT2D eigenvalue weighted by atomic mass is 10.1. The third-order valence-electron chi connectivity index (χ3n) is 3.47. The number of amides is 1. The van der Waals surface area contributed by atoms with Crippen LogP contribution in [0.3, 0.4) is 0 Å². The van der Waals surface area contributed by atoms with E-state index in [2.05, 4.69) is 15.3 Å². The van der Waals surface area contributed by atoms with Gasteiger partial charge in [-0.3, -0.25) is 0 Å². The molecule has 0 saturated carbocycles. The Morgan fingerprint density at radius 3 is 2.87 bits per heavy atom. The van der Waals surface area contributed by atoms with Gasteiger partial charge in [0.2, 0.25) is 5.28 Å². The van der Waals surface area contributed by atoms with Crippen molar-refractivity contribution in [3.8, 4) is 0 Å². The highest BCUT2D eigenvalue weighted by molar-refractivity contribution is 6.32. The van der Waals surface area contributed by atoms with Crippen LogP contribution in [0, 0.1) is 5.92 Å². The van der Waals surface area contributed by atoms with Crippen molar-refractivity contribution in [3.05, 3.63) is 22.2 Å². The molecule has 1 fully saturated rings. The molecule has 1 saturated heterocycles. The average Bonchev–Trinajstić information content (AvgIpc) is 2.88. The first-order chi connectivity index (χ1) is 10.7. The molecule has 1 aliphatic heterocycles. The van der Waals surface area contributed by atoms with E-state index in [1.807, 2.05) is 20.8 Å². The van der Waals surface area contributed by atoms with Gasteiger partial charge in [0, 0.05) is 37.9 Å². The van der Waals surface area contributed by atoms with E-state index in [4.69, 9.17) is 27.9 Å². The Hall–Kier alpha value is -1.11. The van der Waals surface area contributed by atoms with Gasteiger partial charge in [0.15, 0.2) is 0 Å². The number of nitrogens with one attached hydrogen (secondary N) is 1. The van der Waals surface area contributed by atoms with Gasteiger partial charge in [0.1, 0.15) is 10.8 Å². The summed E-state index contributed by atoms with van der Waals surface area (Å²) in [6, 6.07) is 0. The number of halogens is 2. The molecular weight excluding hydrogens is 339 g/mol. The number of rotatable bonds is 4. The molecule has 0 aromatic carbocycles. The Balaban J connectivity index is 1.74. The van der Waals surface area contributed by atoms with E-state index >= 15 is 0 Å². The summed E-state index contributed by atoms with van der Waals surface area (Å²) in [6.45, 7) is 8.41. The topological polar surface area (TPSA) is 67.3 Å². The molecule has 6 nitrogen and oxygen atoms in total. The summed E-state index contributed by atoms with van der Waals surface area (Å²) in [5, 5.41) is 3.83. The Labute approximate surface area is 146 Å². The summed E-state index contributed by atoms with van der Waals surface area (Å²) in [5.74, 6) is 0.398. The maximum Gasteiger partial charge on any atom is 0.410 e. The van der Waals surface area contributed by atoms with Crippen LogP contribution in [-0.4, -0.2) is 46.2 Å². The molecule has 1 aromatic heterocycles. The second-order valence-corrected chi connectivity index (χ2v) is 7.36. The minimum absolute atomic E-state index is 0.141. The summed E-state index contributed by atoms with van der Waals surface area (Å²) >= 11 is 11.7. The van der Waals surface area contributed by atoms with Crippen LogP contribution >= 0.6 is 23.2 Å². The molecule has 23 heavy (non-hydrogen) atoms. The second-order valence-electron chi connectivity index (χ2n) is 6.67. The van der Waals surface area contributed by atoms with Crippen LogP contribution in [0.4, 0.5) is 4.79 Å². The standard InChI is InChI=1S/C15H22Cl2N4O2/c1-15(2,3)23-14(22)21-5-4-10(9-21)6-18-7-11-8-19-13(17)20-12(11)16/h8,10,18H,4-7,9H2,1-3H3/t10-/m0/s1. The fourth-order valence-electron chi connectivity index (χ4n) is 2.39. The average molecular weight is 361 g/mol. The van der Waals surface area contributed by atoms with Crippen LogP contribution in [0.1, 0.15) is 32.8 Å². The minimum atomic E-state index is -0.460. The number of ether oxygens (including phenoxy) is 1. The Morgan fingerprint density at radius 1 is 1.48 bits per heavy atom. The normalized spacial score (nSPS) is 18.3. The summed E-state index contributed by atoms with van der Waals surface area (Å²) in [5.41, 5.74) is 0.344. The molecule has 0 aliphatic carbocycles. The monoisotopic (exact) mass is 360 g/mol. The second kappa shape index (κ2) is 7.64. The fraction of sp³-hybridized carbons (Fsp3) is 0.667. The molecule has 0 unspecified atom stereocenters. The molecule has 1 atom stereocenters. The first kappa shape index (κ1) is 18.2. The predicted octanol–water partition coefficient (Wildman–Crippen LogP) is 3.13. The van der Waals surface area contributed by atoms with E-state index in [9.17, 15) is 4.79 Å². The van der Waals surface area contributed by atoms with Gasteiger partial charge in [0.25, 0.3) is 0 Å². The van der Waals surface area contributed by atoms with Gasteiger partial charge >= 0.3 is 6.09 Å². The molecule has 1 aromatic rings. The van der Waals surface area contributed by atoms with Crippen molar-refractivity contribution >= 4 is 29.3 Å². The smallest absolute Gasteiger partial charge is 0.410 e. The van der Waals surface area contributed by atoms with E-state index in [1.165, 1.54) is 0 Å². The van der Waals surface area contributed by atoms with E-state index in [-0.39, 0.29) is 11.4 Å². The SMILES string of the molecule is CC(C)(C)OC(=O)N1CC[C@@H](CNCc2cnc(Cl)nc2Cl)C1. The summed E-state index contributed by atoms with van der Waals surface area (Å²) in [6.07, 6.45) is 2.33. The molecule has 128 valence electrons. The highest BCUT2D eigenvalue weighted by Gasteiger charge is 2.29. The third-order valence-corrected chi connectivity index (χ3v) is 3.98. The lowest BCUT2D eigenvalue weighted by Gasteiger charge is -2.24. The summed E-state index contributed by atoms with van der Waals surface area (Å²) in [4.78, 5) is 21.6. The highest BCUT2D eigenvalue weighted by Crippen LogP contribution is 2.19. The fourth-order valence-corrected chi connectivity index (χ4v) is 2.76. The summed E-state index contributed by atoms with van der Waals surface area (Å²) < 4.78 is 5.39. The van der Waals surface area contributed by atoms with Crippen molar-refractivity contribution in [1.82, 2.24) is 20.2 Å². The van der Waals surface area contributed by atoms with Crippen LogP contribution < -0.4 is 5.32 Å². The number of nitrogens with zero attached hydrogens (tertiary/aromatic N) is 3. The minimum Gasteiger partial charge on any atom is -0.444 e.